The van der Waals surface area contributed by atoms with Crippen LogP contribution in [-0.2, 0) is 13.0 Å². The first kappa shape index (κ1) is 13.7. The summed E-state index contributed by atoms with van der Waals surface area (Å²) in [5, 5.41) is 3.08. The normalized spacial score (nSPS) is 15.2. The van der Waals surface area contributed by atoms with Gasteiger partial charge in [-0.25, -0.2) is 4.79 Å². The predicted octanol–water partition coefficient (Wildman–Crippen LogP) is 3.52. The Bertz CT molecular complexity index is 624. The Morgan fingerprint density at radius 3 is 2.48 bits per heavy atom. The Labute approximate surface area is 125 Å². The lowest BCUT2D eigenvalue weighted by Gasteiger charge is -2.30. The van der Waals surface area contributed by atoms with Crippen LogP contribution in [0.1, 0.15) is 29.7 Å². The van der Waals surface area contributed by atoms with E-state index >= 15 is 0 Å². The first-order chi connectivity index (χ1) is 10.2. The lowest BCUT2D eigenvalue weighted by Crippen LogP contribution is -2.43. The summed E-state index contributed by atoms with van der Waals surface area (Å²) < 4.78 is 0. The van der Waals surface area contributed by atoms with Crippen LogP contribution >= 0.6 is 0 Å². The van der Waals surface area contributed by atoms with E-state index in [0.717, 1.165) is 18.5 Å². The molecular weight excluding hydrogens is 260 g/mol. The second kappa shape index (κ2) is 6.00. The van der Waals surface area contributed by atoms with E-state index in [0.29, 0.717) is 6.54 Å². The number of carbonyl (C=O) groups excluding carboxylic acids is 1. The highest BCUT2D eigenvalue weighted by Crippen LogP contribution is 2.19. The molecule has 1 heterocycles. The molecule has 3 nitrogen and oxygen atoms in total. The minimum Gasteiger partial charge on any atom is -0.331 e. The summed E-state index contributed by atoms with van der Waals surface area (Å²) in [6.07, 6.45) is 0.934. The summed E-state index contributed by atoms with van der Waals surface area (Å²) in [4.78, 5) is 14.3. The second-order valence-corrected chi connectivity index (χ2v) is 5.52. The van der Waals surface area contributed by atoms with E-state index in [1.54, 1.807) is 0 Å². The Hall–Kier alpha value is -2.29. The Balaban J connectivity index is 1.65. The van der Waals surface area contributed by atoms with Crippen molar-refractivity contribution < 1.29 is 4.79 Å². The molecule has 1 aliphatic rings. The molecule has 0 radical (unpaired) electrons. The standard InChI is InChI=1S/C18H20N2O/c1-14(15-7-3-2-4-8-15)19-18(21)20-12-11-16-9-5-6-10-17(16)13-20/h2-10,14H,11-13H2,1H3,(H,19,21). The van der Waals surface area contributed by atoms with Crippen molar-refractivity contribution in [1.29, 1.82) is 0 Å². The molecule has 2 aromatic rings. The molecular formula is C18H20N2O. The van der Waals surface area contributed by atoms with Crippen LogP contribution in [0.2, 0.25) is 0 Å². The summed E-state index contributed by atoms with van der Waals surface area (Å²) >= 11 is 0. The zero-order valence-corrected chi connectivity index (χ0v) is 12.3. The van der Waals surface area contributed by atoms with Crippen molar-refractivity contribution in [3.05, 3.63) is 71.3 Å². The SMILES string of the molecule is CC(NC(=O)N1CCc2ccccc2C1)c1ccccc1. The third-order valence-electron chi connectivity index (χ3n) is 4.06. The number of nitrogens with zero attached hydrogens (tertiary/aromatic N) is 1. The number of hydrogen-bond acceptors (Lipinski definition) is 1. The average molecular weight is 280 g/mol. The number of fused-ring (bicyclic) bond motifs is 1. The molecule has 0 aromatic heterocycles. The Kier molecular flexibility index (Phi) is 3.91. The van der Waals surface area contributed by atoms with Gasteiger partial charge in [0.2, 0.25) is 0 Å². The van der Waals surface area contributed by atoms with Gasteiger partial charge >= 0.3 is 6.03 Å². The lowest BCUT2D eigenvalue weighted by molar-refractivity contribution is 0.189. The first-order valence-electron chi connectivity index (χ1n) is 7.41. The lowest BCUT2D eigenvalue weighted by atomic mass is 10.0. The van der Waals surface area contributed by atoms with E-state index in [-0.39, 0.29) is 12.1 Å². The summed E-state index contributed by atoms with van der Waals surface area (Å²) in [6.45, 7) is 3.50. The summed E-state index contributed by atoms with van der Waals surface area (Å²) in [5.41, 5.74) is 3.74. The van der Waals surface area contributed by atoms with Gasteiger partial charge in [-0.05, 0) is 30.0 Å². The van der Waals surface area contributed by atoms with Gasteiger partial charge in [-0.2, -0.15) is 0 Å². The number of nitrogens with one attached hydrogen (secondary N) is 1. The van der Waals surface area contributed by atoms with Gasteiger partial charge in [0, 0.05) is 13.1 Å². The molecule has 0 spiro atoms. The largest absolute Gasteiger partial charge is 0.331 e. The topological polar surface area (TPSA) is 32.3 Å². The van der Waals surface area contributed by atoms with Crippen LogP contribution in [0.15, 0.2) is 54.6 Å². The van der Waals surface area contributed by atoms with E-state index in [4.69, 9.17) is 0 Å². The number of hydrogen-bond donors (Lipinski definition) is 1. The molecule has 1 atom stereocenters. The quantitative estimate of drug-likeness (QED) is 0.897. The van der Waals surface area contributed by atoms with Crippen molar-refractivity contribution in [3.63, 3.8) is 0 Å². The van der Waals surface area contributed by atoms with Crippen molar-refractivity contribution in [1.82, 2.24) is 10.2 Å². The molecule has 2 amide bonds. The third kappa shape index (κ3) is 3.07. The van der Waals surface area contributed by atoms with E-state index in [9.17, 15) is 4.79 Å². The molecule has 108 valence electrons. The molecule has 0 bridgehead atoms. The molecule has 1 unspecified atom stereocenters. The van der Waals surface area contributed by atoms with Gasteiger partial charge in [0.25, 0.3) is 0 Å². The highest BCUT2D eigenvalue weighted by atomic mass is 16.2. The molecule has 2 aromatic carbocycles. The summed E-state index contributed by atoms with van der Waals surface area (Å²) in [7, 11) is 0. The summed E-state index contributed by atoms with van der Waals surface area (Å²) in [6, 6.07) is 18.4. The van der Waals surface area contributed by atoms with Crippen LogP contribution in [0.4, 0.5) is 4.79 Å². The third-order valence-corrected chi connectivity index (χ3v) is 4.06. The van der Waals surface area contributed by atoms with Crippen molar-refractivity contribution in [2.45, 2.75) is 25.9 Å². The molecule has 21 heavy (non-hydrogen) atoms. The van der Waals surface area contributed by atoms with Crippen molar-refractivity contribution in [2.75, 3.05) is 6.54 Å². The Morgan fingerprint density at radius 1 is 1.05 bits per heavy atom. The highest BCUT2D eigenvalue weighted by Gasteiger charge is 2.21. The number of amides is 2. The van der Waals surface area contributed by atoms with Gasteiger partial charge in [0.1, 0.15) is 0 Å². The monoisotopic (exact) mass is 280 g/mol. The van der Waals surface area contributed by atoms with Gasteiger partial charge in [-0.1, -0.05) is 54.6 Å². The van der Waals surface area contributed by atoms with Crippen LogP contribution in [0, 0.1) is 0 Å². The minimum atomic E-state index is 0.0147. The first-order valence-corrected chi connectivity index (χ1v) is 7.41. The van der Waals surface area contributed by atoms with Crippen molar-refractivity contribution in [2.24, 2.45) is 0 Å². The maximum absolute atomic E-state index is 12.4. The van der Waals surface area contributed by atoms with Gasteiger partial charge < -0.3 is 10.2 Å². The van der Waals surface area contributed by atoms with E-state index in [1.165, 1.54) is 11.1 Å². The molecule has 3 rings (SSSR count). The van der Waals surface area contributed by atoms with Gasteiger partial charge in [0.15, 0.2) is 0 Å². The number of carbonyl (C=O) groups is 1. The molecule has 1 N–H and O–H groups in total. The van der Waals surface area contributed by atoms with Gasteiger partial charge in [-0.15, -0.1) is 0 Å². The smallest absolute Gasteiger partial charge is 0.318 e. The molecule has 0 saturated carbocycles. The maximum Gasteiger partial charge on any atom is 0.318 e. The van der Waals surface area contributed by atoms with Crippen LogP contribution in [-0.4, -0.2) is 17.5 Å². The van der Waals surface area contributed by atoms with Crippen LogP contribution in [0.3, 0.4) is 0 Å². The fraction of sp³-hybridized carbons (Fsp3) is 0.278. The van der Waals surface area contributed by atoms with Crippen LogP contribution in [0.5, 0.6) is 0 Å². The van der Waals surface area contributed by atoms with Crippen molar-refractivity contribution >= 4 is 6.03 Å². The fourth-order valence-electron chi connectivity index (χ4n) is 2.77. The number of urea groups is 1. The van der Waals surface area contributed by atoms with E-state index < -0.39 is 0 Å². The zero-order chi connectivity index (χ0) is 14.7. The number of benzene rings is 2. The molecule has 3 heteroatoms. The van der Waals surface area contributed by atoms with Gasteiger partial charge in [-0.3, -0.25) is 0 Å². The minimum absolute atomic E-state index is 0.0147. The molecule has 0 fully saturated rings. The zero-order valence-electron chi connectivity index (χ0n) is 12.3. The van der Waals surface area contributed by atoms with Crippen LogP contribution in [0.25, 0.3) is 0 Å². The average Bonchev–Trinajstić information content (AvgIpc) is 2.55. The molecule has 0 aliphatic carbocycles. The van der Waals surface area contributed by atoms with Crippen LogP contribution < -0.4 is 5.32 Å². The highest BCUT2D eigenvalue weighted by molar-refractivity contribution is 5.75. The van der Waals surface area contributed by atoms with Gasteiger partial charge in [0.05, 0.1) is 6.04 Å². The molecule has 0 saturated heterocycles. The van der Waals surface area contributed by atoms with Crippen molar-refractivity contribution in [3.8, 4) is 0 Å². The summed E-state index contributed by atoms with van der Waals surface area (Å²) in [5.74, 6) is 0. The van der Waals surface area contributed by atoms with E-state index in [2.05, 4.69) is 23.5 Å². The maximum atomic E-state index is 12.4. The fourth-order valence-corrected chi connectivity index (χ4v) is 2.77. The second-order valence-electron chi connectivity index (χ2n) is 5.52. The Morgan fingerprint density at radius 2 is 1.71 bits per heavy atom. The van der Waals surface area contributed by atoms with E-state index in [1.807, 2.05) is 48.2 Å². The predicted molar refractivity (Wildman–Crippen MR) is 83.9 cm³/mol. The number of rotatable bonds is 2. The molecule has 1 aliphatic heterocycles.